The third kappa shape index (κ3) is 3.57. The zero-order chi connectivity index (χ0) is 19.7. The number of nitrogens with zero attached hydrogens (tertiary/aromatic N) is 3. The van der Waals surface area contributed by atoms with Crippen molar-refractivity contribution in [1.82, 2.24) is 4.90 Å². The number of nitriles is 1. The molecule has 1 aromatic carbocycles. The Hall–Kier alpha value is -1.86. The van der Waals surface area contributed by atoms with Gasteiger partial charge in [0.05, 0.1) is 18.4 Å². The van der Waals surface area contributed by atoms with E-state index in [0.717, 1.165) is 55.1 Å². The molecule has 2 heterocycles. The molecule has 0 bridgehead atoms. The molecule has 2 aliphatic heterocycles. The number of benzene rings is 1. The van der Waals surface area contributed by atoms with Crippen LogP contribution in [0.4, 0.5) is 5.69 Å². The molecule has 1 saturated heterocycles. The fourth-order valence-corrected chi connectivity index (χ4v) is 5.73. The van der Waals surface area contributed by atoms with Crippen molar-refractivity contribution in [3.05, 3.63) is 29.8 Å². The Morgan fingerprint density at radius 1 is 1.04 bits per heavy atom. The van der Waals surface area contributed by atoms with Crippen LogP contribution in [0.25, 0.3) is 0 Å². The molecule has 0 aromatic heterocycles. The highest BCUT2D eigenvalue weighted by molar-refractivity contribution is 6.05. The SMILES string of the molecule is CC(C)C1CCC(N2CCC(N3C(=O)C(CC#N)c4ccccc43)CC2)CC1. The average molecular weight is 380 g/mol. The molecule has 0 N–H and O–H groups in total. The Morgan fingerprint density at radius 3 is 2.36 bits per heavy atom. The van der Waals surface area contributed by atoms with Crippen molar-refractivity contribution in [2.45, 2.75) is 76.8 Å². The van der Waals surface area contributed by atoms with E-state index in [-0.39, 0.29) is 24.3 Å². The van der Waals surface area contributed by atoms with Gasteiger partial charge in [-0.3, -0.25) is 4.79 Å². The Balaban J connectivity index is 1.39. The first-order chi connectivity index (χ1) is 13.6. The van der Waals surface area contributed by atoms with E-state index in [2.05, 4.69) is 30.9 Å². The zero-order valence-electron chi connectivity index (χ0n) is 17.3. The summed E-state index contributed by atoms with van der Waals surface area (Å²) in [5.74, 6) is 1.59. The molecule has 150 valence electrons. The van der Waals surface area contributed by atoms with Gasteiger partial charge in [0.25, 0.3) is 0 Å². The van der Waals surface area contributed by atoms with E-state index in [1.165, 1.54) is 25.7 Å². The predicted octanol–water partition coefficient (Wildman–Crippen LogP) is 4.71. The Labute approximate surface area is 169 Å². The molecule has 1 aliphatic carbocycles. The molecule has 4 heteroatoms. The topological polar surface area (TPSA) is 47.3 Å². The van der Waals surface area contributed by atoms with Gasteiger partial charge in [-0.15, -0.1) is 0 Å². The second-order valence-electron chi connectivity index (χ2n) is 9.26. The number of likely N-dealkylation sites (tertiary alicyclic amines) is 1. The number of rotatable bonds is 4. The van der Waals surface area contributed by atoms with Crippen LogP contribution in [-0.2, 0) is 4.79 Å². The minimum Gasteiger partial charge on any atom is -0.308 e. The number of carbonyl (C=O) groups excluding carboxylic acids is 1. The summed E-state index contributed by atoms with van der Waals surface area (Å²) >= 11 is 0. The molecule has 1 unspecified atom stereocenters. The maximum absolute atomic E-state index is 13.1. The highest BCUT2D eigenvalue weighted by atomic mass is 16.2. The molecule has 4 nitrogen and oxygen atoms in total. The molecule has 4 rings (SSSR count). The average Bonchev–Trinajstić information content (AvgIpc) is 3.00. The van der Waals surface area contributed by atoms with E-state index >= 15 is 0 Å². The van der Waals surface area contributed by atoms with Gasteiger partial charge in [0.15, 0.2) is 0 Å². The first kappa shape index (κ1) is 19.5. The lowest BCUT2D eigenvalue weighted by molar-refractivity contribution is -0.119. The third-order valence-corrected chi connectivity index (χ3v) is 7.47. The molecule has 1 aromatic rings. The van der Waals surface area contributed by atoms with Crippen molar-refractivity contribution < 1.29 is 4.79 Å². The summed E-state index contributed by atoms with van der Waals surface area (Å²) in [4.78, 5) is 17.8. The number of piperidine rings is 1. The normalized spacial score (nSPS) is 29.1. The van der Waals surface area contributed by atoms with Crippen LogP contribution in [-0.4, -0.2) is 36.0 Å². The molecule has 1 amide bonds. The monoisotopic (exact) mass is 379 g/mol. The molecule has 1 atom stereocenters. The number of anilines is 1. The zero-order valence-corrected chi connectivity index (χ0v) is 17.3. The summed E-state index contributed by atoms with van der Waals surface area (Å²) in [6, 6.07) is 11.3. The molecule has 3 aliphatic rings. The predicted molar refractivity (Wildman–Crippen MR) is 112 cm³/mol. The number of para-hydroxylation sites is 1. The van der Waals surface area contributed by atoms with Gasteiger partial charge in [-0.05, 0) is 62.0 Å². The van der Waals surface area contributed by atoms with E-state index in [9.17, 15) is 10.1 Å². The highest BCUT2D eigenvalue weighted by Gasteiger charge is 2.41. The molecule has 0 spiro atoms. The fraction of sp³-hybridized carbons (Fsp3) is 0.667. The number of carbonyl (C=O) groups is 1. The lowest BCUT2D eigenvalue weighted by Crippen LogP contribution is -2.50. The minimum absolute atomic E-state index is 0.138. The van der Waals surface area contributed by atoms with E-state index < -0.39 is 0 Å². The molecular formula is C24H33N3O. The number of amides is 1. The van der Waals surface area contributed by atoms with E-state index in [1.807, 2.05) is 23.1 Å². The molecule has 1 saturated carbocycles. The smallest absolute Gasteiger partial charge is 0.235 e. The van der Waals surface area contributed by atoms with Crippen molar-refractivity contribution in [1.29, 1.82) is 5.26 Å². The first-order valence-corrected chi connectivity index (χ1v) is 11.1. The van der Waals surface area contributed by atoms with Crippen LogP contribution in [0.15, 0.2) is 24.3 Å². The van der Waals surface area contributed by atoms with Crippen LogP contribution in [0.1, 0.15) is 70.3 Å². The lowest BCUT2D eigenvalue weighted by Gasteiger charge is -2.43. The van der Waals surface area contributed by atoms with Crippen molar-refractivity contribution >= 4 is 11.6 Å². The second kappa shape index (κ2) is 8.25. The van der Waals surface area contributed by atoms with Gasteiger partial charge in [0, 0.05) is 30.9 Å². The highest BCUT2D eigenvalue weighted by Crippen LogP contribution is 2.42. The van der Waals surface area contributed by atoms with Crippen molar-refractivity contribution in [3.8, 4) is 6.07 Å². The van der Waals surface area contributed by atoms with Crippen molar-refractivity contribution in [3.63, 3.8) is 0 Å². The van der Waals surface area contributed by atoms with Crippen LogP contribution >= 0.6 is 0 Å². The minimum atomic E-state index is -0.273. The van der Waals surface area contributed by atoms with Gasteiger partial charge in [-0.1, -0.05) is 32.0 Å². The van der Waals surface area contributed by atoms with Gasteiger partial charge in [-0.25, -0.2) is 0 Å². The second-order valence-corrected chi connectivity index (χ2v) is 9.26. The summed E-state index contributed by atoms with van der Waals surface area (Å²) < 4.78 is 0. The quantitative estimate of drug-likeness (QED) is 0.761. The Bertz CT molecular complexity index is 736. The fourth-order valence-electron chi connectivity index (χ4n) is 5.73. The molecule has 28 heavy (non-hydrogen) atoms. The molecular weight excluding hydrogens is 346 g/mol. The van der Waals surface area contributed by atoms with Gasteiger partial charge in [0.2, 0.25) is 5.91 Å². The van der Waals surface area contributed by atoms with Crippen LogP contribution in [0, 0.1) is 23.2 Å². The van der Waals surface area contributed by atoms with Gasteiger partial charge < -0.3 is 9.80 Å². The maximum atomic E-state index is 13.1. The maximum Gasteiger partial charge on any atom is 0.235 e. The van der Waals surface area contributed by atoms with Crippen LogP contribution < -0.4 is 4.90 Å². The van der Waals surface area contributed by atoms with Crippen LogP contribution in [0.3, 0.4) is 0 Å². The van der Waals surface area contributed by atoms with Crippen molar-refractivity contribution in [2.24, 2.45) is 11.8 Å². The Kier molecular flexibility index (Phi) is 5.73. The number of hydrogen-bond donors (Lipinski definition) is 0. The largest absolute Gasteiger partial charge is 0.308 e. The molecule has 0 radical (unpaired) electrons. The van der Waals surface area contributed by atoms with Crippen molar-refractivity contribution in [2.75, 3.05) is 18.0 Å². The van der Waals surface area contributed by atoms with Crippen LogP contribution in [0.5, 0.6) is 0 Å². The Morgan fingerprint density at radius 2 is 1.71 bits per heavy atom. The molecule has 2 fully saturated rings. The van der Waals surface area contributed by atoms with Gasteiger partial charge >= 0.3 is 0 Å². The summed E-state index contributed by atoms with van der Waals surface area (Å²) in [5.41, 5.74) is 2.09. The van der Waals surface area contributed by atoms with Gasteiger partial charge in [-0.2, -0.15) is 5.26 Å². The summed E-state index contributed by atoms with van der Waals surface area (Å²) in [7, 11) is 0. The van der Waals surface area contributed by atoms with E-state index in [0.29, 0.717) is 0 Å². The third-order valence-electron chi connectivity index (χ3n) is 7.47. The summed E-state index contributed by atoms with van der Waals surface area (Å²) in [6.07, 6.45) is 7.79. The number of fused-ring (bicyclic) bond motifs is 1. The van der Waals surface area contributed by atoms with Crippen LogP contribution in [0.2, 0.25) is 0 Å². The van der Waals surface area contributed by atoms with E-state index in [1.54, 1.807) is 0 Å². The summed E-state index contributed by atoms with van der Waals surface area (Å²) in [5, 5.41) is 9.17. The summed E-state index contributed by atoms with van der Waals surface area (Å²) in [6.45, 7) is 6.91. The lowest BCUT2D eigenvalue weighted by atomic mass is 9.79. The van der Waals surface area contributed by atoms with E-state index in [4.69, 9.17) is 0 Å². The van der Waals surface area contributed by atoms with Gasteiger partial charge in [0.1, 0.15) is 0 Å². The number of hydrogen-bond acceptors (Lipinski definition) is 3. The standard InChI is InChI=1S/C24H33N3O/c1-17(2)18-7-9-19(10-8-18)26-15-12-20(13-16-26)27-23-6-4-3-5-21(23)22(11-14-25)24(27)28/h3-6,17-20,22H,7-13,15-16H2,1-2H3. The first-order valence-electron chi connectivity index (χ1n) is 11.1.